The third-order valence-electron chi connectivity index (χ3n) is 3.77. The third-order valence-corrected chi connectivity index (χ3v) is 4.07. The average Bonchev–Trinajstić information content (AvgIpc) is 2.94. The van der Waals surface area contributed by atoms with Crippen LogP contribution in [0, 0.1) is 5.92 Å². The number of benzene rings is 1. The molecule has 2 heterocycles. The number of fused-ring (bicyclic) bond motifs is 1. The van der Waals surface area contributed by atoms with Gasteiger partial charge in [0.25, 0.3) is 0 Å². The van der Waals surface area contributed by atoms with Crippen LogP contribution in [0.3, 0.4) is 0 Å². The van der Waals surface area contributed by atoms with Gasteiger partial charge in [0.05, 0.1) is 29.6 Å². The van der Waals surface area contributed by atoms with Crippen LogP contribution < -0.4 is 15.4 Å². The molecule has 7 heteroatoms. The SMILES string of the molecule is CC(C)Cn1cc(NC(=O)NC2CCOc3c(Cl)cccc32)cn1. The lowest BCUT2D eigenvalue weighted by Crippen LogP contribution is -2.35. The topological polar surface area (TPSA) is 68.2 Å². The molecule has 1 aromatic carbocycles. The van der Waals surface area contributed by atoms with E-state index in [-0.39, 0.29) is 12.1 Å². The Labute approximate surface area is 146 Å². The number of nitrogens with zero attached hydrogens (tertiary/aromatic N) is 2. The monoisotopic (exact) mass is 348 g/mol. The quantitative estimate of drug-likeness (QED) is 0.882. The number of carbonyl (C=O) groups is 1. The predicted octanol–water partition coefficient (Wildman–Crippen LogP) is 3.84. The average molecular weight is 349 g/mol. The molecular weight excluding hydrogens is 328 g/mol. The molecule has 0 saturated carbocycles. The van der Waals surface area contributed by atoms with Crippen molar-refractivity contribution in [3.05, 3.63) is 41.2 Å². The van der Waals surface area contributed by atoms with Gasteiger partial charge in [-0.1, -0.05) is 37.6 Å². The molecule has 1 atom stereocenters. The minimum Gasteiger partial charge on any atom is -0.492 e. The summed E-state index contributed by atoms with van der Waals surface area (Å²) in [5.74, 6) is 1.15. The highest BCUT2D eigenvalue weighted by atomic mass is 35.5. The lowest BCUT2D eigenvalue weighted by molar-refractivity contribution is 0.232. The van der Waals surface area contributed by atoms with Crippen LogP contribution in [-0.4, -0.2) is 22.4 Å². The number of hydrogen-bond acceptors (Lipinski definition) is 3. The Balaban J connectivity index is 1.64. The Kier molecular flexibility index (Phi) is 4.94. The van der Waals surface area contributed by atoms with E-state index in [1.165, 1.54) is 0 Å². The molecule has 24 heavy (non-hydrogen) atoms. The standard InChI is InChI=1S/C17H21ClN4O2/c1-11(2)9-22-10-12(8-19-22)20-17(23)21-15-6-7-24-16-13(15)4-3-5-14(16)18/h3-5,8,10-11,15H,6-7,9H2,1-2H3,(H2,20,21,23). The fourth-order valence-corrected chi connectivity index (χ4v) is 3.00. The van der Waals surface area contributed by atoms with Crippen LogP contribution in [0.4, 0.5) is 10.5 Å². The Bertz CT molecular complexity index is 729. The van der Waals surface area contributed by atoms with E-state index in [1.807, 2.05) is 23.0 Å². The maximum Gasteiger partial charge on any atom is 0.319 e. The Morgan fingerprint density at radius 1 is 1.50 bits per heavy atom. The fourth-order valence-electron chi connectivity index (χ4n) is 2.76. The molecule has 1 aliphatic rings. The molecule has 0 bridgehead atoms. The highest BCUT2D eigenvalue weighted by Crippen LogP contribution is 2.37. The summed E-state index contributed by atoms with van der Waals surface area (Å²) < 4.78 is 7.43. The smallest absolute Gasteiger partial charge is 0.319 e. The number of urea groups is 1. The molecule has 2 aromatic rings. The molecule has 0 fully saturated rings. The van der Waals surface area contributed by atoms with Crippen LogP contribution >= 0.6 is 11.6 Å². The molecule has 2 amide bonds. The van der Waals surface area contributed by atoms with E-state index in [2.05, 4.69) is 29.6 Å². The number of hydrogen-bond donors (Lipinski definition) is 2. The summed E-state index contributed by atoms with van der Waals surface area (Å²) in [5.41, 5.74) is 1.57. The predicted molar refractivity (Wildman–Crippen MR) is 93.5 cm³/mol. The van der Waals surface area contributed by atoms with Gasteiger partial charge in [-0.3, -0.25) is 4.68 Å². The van der Waals surface area contributed by atoms with Gasteiger partial charge in [0.2, 0.25) is 0 Å². The van der Waals surface area contributed by atoms with Crippen molar-refractivity contribution < 1.29 is 9.53 Å². The van der Waals surface area contributed by atoms with Crippen molar-refractivity contribution in [2.24, 2.45) is 5.92 Å². The molecule has 0 aliphatic carbocycles. The number of rotatable bonds is 4. The lowest BCUT2D eigenvalue weighted by atomic mass is 10.0. The Morgan fingerprint density at radius 3 is 3.12 bits per heavy atom. The Hall–Kier alpha value is -2.21. The highest BCUT2D eigenvalue weighted by Gasteiger charge is 2.24. The normalized spacial score (nSPS) is 16.4. The van der Waals surface area contributed by atoms with Crippen LogP contribution in [-0.2, 0) is 6.54 Å². The van der Waals surface area contributed by atoms with Gasteiger partial charge in [-0.05, 0) is 12.0 Å². The summed E-state index contributed by atoms with van der Waals surface area (Å²) in [6.45, 7) is 5.58. The Morgan fingerprint density at radius 2 is 2.33 bits per heavy atom. The minimum atomic E-state index is -0.267. The minimum absolute atomic E-state index is 0.127. The number of halogens is 1. The van der Waals surface area contributed by atoms with Gasteiger partial charge >= 0.3 is 6.03 Å². The molecule has 1 aliphatic heterocycles. The fraction of sp³-hybridized carbons (Fsp3) is 0.412. The van der Waals surface area contributed by atoms with Gasteiger partial charge in [0, 0.05) is 24.7 Å². The molecular formula is C17H21ClN4O2. The van der Waals surface area contributed by atoms with Crippen LogP contribution in [0.5, 0.6) is 5.75 Å². The first-order valence-corrected chi connectivity index (χ1v) is 8.42. The van der Waals surface area contributed by atoms with Crippen molar-refractivity contribution in [1.82, 2.24) is 15.1 Å². The number of amides is 2. The van der Waals surface area contributed by atoms with Gasteiger partial charge in [-0.15, -0.1) is 0 Å². The van der Waals surface area contributed by atoms with E-state index in [4.69, 9.17) is 16.3 Å². The molecule has 2 N–H and O–H groups in total. The molecule has 0 radical (unpaired) electrons. The van der Waals surface area contributed by atoms with E-state index in [0.29, 0.717) is 35.4 Å². The molecule has 1 aromatic heterocycles. The van der Waals surface area contributed by atoms with Gasteiger partial charge in [0.15, 0.2) is 0 Å². The van der Waals surface area contributed by atoms with Crippen LogP contribution in [0.25, 0.3) is 0 Å². The van der Waals surface area contributed by atoms with Crippen molar-refractivity contribution >= 4 is 23.3 Å². The number of nitrogens with one attached hydrogen (secondary N) is 2. The van der Waals surface area contributed by atoms with Crippen LogP contribution in [0.1, 0.15) is 31.9 Å². The number of carbonyl (C=O) groups excluding carboxylic acids is 1. The summed E-state index contributed by atoms with van der Waals surface area (Å²) in [6.07, 6.45) is 4.18. The van der Waals surface area contributed by atoms with Gasteiger partial charge in [0.1, 0.15) is 5.75 Å². The maximum atomic E-state index is 12.3. The van der Waals surface area contributed by atoms with E-state index in [0.717, 1.165) is 12.1 Å². The van der Waals surface area contributed by atoms with Crippen molar-refractivity contribution in [1.29, 1.82) is 0 Å². The molecule has 0 saturated heterocycles. The number of anilines is 1. The number of ether oxygens (including phenoxy) is 1. The van der Waals surface area contributed by atoms with Crippen molar-refractivity contribution in [3.63, 3.8) is 0 Å². The zero-order chi connectivity index (χ0) is 17.1. The molecule has 0 spiro atoms. The second-order valence-corrected chi connectivity index (χ2v) is 6.70. The second kappa shape index (κ2) is 7.13. The first-order chi connectivity index (χ1) is 11.5. The van der Waals surface area contributed by atoms with E-state index < -0.39 is 0 Å². The van der Waals surface area contributed by atoms with Crippen molar-refractivity contribution in [2.75, 3.05) is 11.9 Å². The lowest BCUT2D eigenvalue weighted by Gasteiger charge is -2.27. The largest absolute Gasteiger partial charge is 0.492 e. The maximum absolute atomic E-state index is 12.3. The second-order valence-electron chi connectivity index (χ2n) is 6.29. The zero-order valence-corrected chi connectivity index (χ0v) is 14.5. The van der Waals surface area contributed by atoms with Crippen molar-refractivity contribution in [3.8, 4) is 5.75 Å². The molecule has 128 valence electrons. The molecule has 1 unspecified atom stereocenters. The van der Waals surface area contributed by atoms with Gasteiger partial charge < -0.3 is 15.4 Å². The first-order valence-electron chi connectivity index (χ1n) is 8.04. The van der Waals surface area contributed by atoms with Crippen molar-refractivity contribution in [2.45, 2.75) is 32.9 Å². The van der Waals surface area contributed by atoms with E-state index >= 15 is 0 Å². The molecule has 6 nitrogen and oxygen atoms in total. The number of aromatic nitrogens is 2. The third kappa shape index (κ3) is 3.82. The van der Waals surface area contributed by atoms with Crippen LogP contribution in [0.15, 0.2) is 30.6 Å². The van der Waals surface area contributed by atoms with Gasteiger partial charge in [-0.25, -0.2) is 4.79 Å². The number of para-hydroxylation sites is 1. The summed E-state index contributed by atoms with van der Waals surface area (Å²) in [5, 5.41) is 10.6. The highest BCUT2D eigenvalue weighted by molar-refractivity contribution is 6.32. The summed E-state index contributed by atoms with van der Waals surface area (Å²) in [6, 6.07) is 5.17. The first kappa shape index (κ1) is 16.6. The van der Waals surface area contributed by atoms with E-state index in [9.17, 15) is 4.79 Å². The van der Waals surface area contributed by atoms with E-state index in [1.54, 1.807) is 12.3 Å². The zero-order valence-electron chi connectivity index (χ0n) is 13.8. The van der Waals surface area contributed by atoms with Crippen LogP contribution in [0.2, 0.25) is 5.02 Å². The molecule has 3 rings (SSSR count). The van der Waals surface area contributed by atoms with Gasteiger partial charge in [-0.2, -0.15) is 5.10 Å². The summed E-state index contributed by atoms with van der Waals surface area (Å²) >= 11 is 6.15. The summed E-state index contributed by atoms with van der Waals surface area (Å²) in [7, 11) is 0. The summed E-state index contributed by atoms with van der Waals surface area (Å²) in [4.78, 5) is 12.3.